The van der Waals surface area contributed by atoms with Gasteiger partial charge in [-0.25, -0.2) is 13.6 Å². The molecule has 0 bridgehead atoms. The lowest BCUT2D eigenvalue weighted by atomic mass is 10.2. The van der Waals surface area contributed by atoms with Gasteiger partial charge in [0, 0.05) is 17.8 Å². The van der Waals surface area contributed by atoms with Crippen LogP contribution in [0.15, 0.2) is 42.5 Å². The molecule has 10 heteroatoms. The van der Waals surface area contributed by atoms with Crippen LogP contribution in [0.5, 0.6) is 11.5 Å². The van der Waals surface area contributed by atoms with Gasteiger partial charge >= 0.3 is 18.4 Å². The zero-order chi connectivity index (χ0) is 22.1. The lowest BCUT2D eigenvalue weighted by molar-refractivity contribution is -0.168. The number of rotatable bonds is 10. The molecule has 0 aliphatic carbocycles. The Morgan fingerprint density at radius 3 is 2.53 bits per heavy atom. The van der Waals surface area contributed by atoms with Crippen LogP contribution in [-0.4, -0.2) is 39.2 Å². The second-order valence-electron chi connectivity index (χ2n) is 6.24. The molecule has 2 aromatic carbocycles. The van der Waals surface area contributed by atoms with E-state index in [1.165, 1.54) is 20.3 Å². The van der Waals surface area contributed by atoms with Crippen LogP contribution in [0, 0.1) is 0 Å². The molecule has 164 valence electrons. The summed E-state index contributed by atoms with van der Waals surface area (Å²) in [5.41, 5.74) is 1.52. The number of urea groups is 1. The number of carbonyl (C=O) groups excluding carboxylic acids is 1. The van der Waals surface area contributed by atoms with Crippen molar-refractivity contribution in [1.29, 1.82) is 0 Å². The molecule has 2 N–H and O–H groups in total. The number of halogens is 4. The first-order valence-corrected chi connectivity index (χ1v) is 8.83. The molecule has 0 unspecified atom stereocenters. The summed E-state index contributed by atoms with van der Waals surface area (Å²) in [5.74, 6) is -3.02. The van der Waals surface area contributed by atoms with Crippen LogP contribution in [0.4, 0.5) is 28.0 Å². The van der Waals surface area contributed by atoms with Crippen molar-refractivity contribution in [2.45, 2.75) is 25.5 Å². The van der Waals surface area contributed by atoms with Crippen LogP contribution in [0.25, 0.3) is 0 Å². The second kappa shape index (κ2) is 10.7. The maximum atomic E-state index is 12.9. The molecule has 0 radical (unpaired) electrons. The Kier molecular flexibility index (Phi) is 8.28. The van der Waals surface area contributed by atoms with Gasteiger partial charge in [0.2, 0.25) is 0 Å². The van der Waals surface area contributed by atoms with Crippen molar-refractivity contribution in [2.75, 3.05) is 26.1 Å². The third-order valence-corrected chi connectivity index (χ3v) is 3.99. The number of amides is 2. The molecular formula is C20H22F4N2O4. The van der Waals surface area contributed by atoms with Gasteiger partial charge in [0.15, 0.2) is 0 Å². The molecule has 0 saturated carbocycles. The second-order valence-corrected chi connectivity index (χ2v) is 6.24. The Labute approximate surface area is 171 Å². The Morgan fingerprint density at radius 2 is 1.87 bits per heavy atom. The summed E-state index contributed by atoms with van der Waals surface area (Å²) < 4.78 is 65.1. The standard InChI is InChI=1S/C20H22F4N2O4/c1-28-16-6-7-17(29-2)14(9-16)10-25-19(27)26-15-5-3-4-13(8-15)11-30-12-20(23,24)18(21)22/h3-9,18H,10-12H2,1-2H3,(H2,25,26,27). The van der Waals surface area contributed by atoms with Crippen LogP contribution in [0.2, 0.25) is 0 Å². The number of hydrogen-bond acceptors (Lipinski definition) is 4. The van der Waals surface area contributed by atoms with Crippen LogP contribution in [0.1, 0.15) is 11.1 Å². The van der Waals surface area contributed by atoms with Crippen molar-refractivity contribution in [1.82, 2.24) is 5.32 Å². The molecular weight excluding hydrogens is 408 g/mol. The van der Waals surface area contributed by atoms with Gasteiger partial charge in [-0.05, 0) is 35.9 Å². The SMILES string of the molecule is COc1ccc(OC)c(CNC(=O)Nc2cccc(COCC(F)(F)C(F)F)c2)c1. The Morgan fingerprint density at radius 1 is 1.10 bits per heavy atom. The average molecular weight is 430 g/mol. The minimum Gasteiger partial charge on any atom is -0.497 e. The van der Waals surface area contributed by atoms with E-state index in [1.54, 1.807) is 36.4 Å². The minimum atomic E-state index is -4.21. The number of alkyl halides is 4. The highest BCUT2D eigenvalue weighted by molar-refractivity contribution is 5.89. The van der Waals surface area contributed by atoms with E-state index >= 15 is 0 Å². The Hall–Kier alpha value is -3.01. The van der Waals surface area contributed by atoms with Gasteiger partial charge in [0.25, 0.3) is 0 Å². The molecule has 30 heavy (non-hydrogen) atoms. The van der Waals surface area contributed by atoms with Gasteiger partial charge in [0.1, 0.15) is 18.1 Å². The Bertz CT molecular complexity index is 849. The molecule has 0 heterocycles. The molecule has 0 spiro atoms. The minimum absolute atomic E-state index is 0.164. The zero-order valence-corrected chi connectivity index (χ0v) is 16.4. The van der Waals surface area contributed by atoms with Crippen LogP contribution in [0.3, 0.4) is 0 Å². The molecule has 0 saturated heterocycles. The summed E-state index contributed by atoms with van der Waals surface area (Å²) >= 11 is 0. The third kappa shape index (κ3) is 6.80. The van der Waals surface area contributed by atoms with Gasteiger partial charge in [-0.1, -0.05) is 12.1 Å². The summed E-state index contributed by atoms with van der Waals surface area (Å²) in [6, 6.07) is 10.9. The van der Waals surface area contributed by atoms with Crippen molar-refractivity contribution < 1.29 is 36.6 Å². The summed E-state index contributed by atoms with van der Waals surface area (Å²) in [4.78, 5) is 12.2. The van der Waals surface area contributed by atoms with Crippen molar-refractivity contribution in [3.05, 3.63) is 53.6 Å². The van der Waals surface area contributed by atoms with E-state index in [2.05, 4.69) is 15.4 Å². The maximum absolute atomic E-state index is 12.9. The first-order valence-electron chi connectivity index (χ1n) is 8.83. The highest BCUT2D eigenvalue weighted by Crippen LogP contribution is 2.24. The van der Waals surface area contributed by atoms with E-state index in [1.807, 2.05) is 0 Å². The van der Waals surface area contributed by atoms with E-state index in [4.69, 9.17) is 9.47 Å². The van der Waals surface area contributed by atoms with E-state index in [-0.39, 0.29) is 13.2 Å². The van der Waals surface area contributed by atoms with Crippen molar-refractivity contribution >= 4 is 11.7 Å². The summed E-state index contributed by atoms with van der Waals surface area (Å²) in [5, 5.41) is 5.27. The van der Waals surface area contributed by atoms with E-state index in [0.717, 1.165) is 0 Å². The maximum Gasteiger partial charge on any atom is 0.330 e. The quantitative estimate of drug-likeness (QED) is 0.547. The molecule has 6 nitrogen and oxygen atoms in total. The zero-order valence-electron chi connectivity index (χ0n) is 16.4. The number of nitrogens with one attached hydrogen (secondary N) is 2. The fourth-order valence-electron chi connectivity index (χ4n) is 2.48. The number of benzene rings is 2. The fraction of sp³-hybridized carbons (Fsp3) is 0.350. The number of hydrogen-bond donors (Lipinski definition) is 2. The predicted octanol–water partition coefficient (Wildman–Crippen LogP) is 4.44. The summed E-state index contributed by atoms with van der Waals surface area (Å²) in [6.45, 7) is -1.54. The van der Waals surface area contributed by atoms with Gasteiger partial charge in [-0.15, -0.1) is 0 Å². The summed E-state index contributed by atoms with van der Waals surface area (Å²) in [6.07, 6.45) is -3.79. The smallest absolute Gasteiger partial charge is 0.330 e. The first kappa shape index (κ1) is 23.3. The monoisotopic (exact) mass is 430 g/mol. The molecule has 2 aromatic rings. The number of carbonyl (C=O) groups is 1. The Balaban J connectivity index is 1.89. The van der Waals surface area contributed by atoms with Crippen LogP contribution in [-0.2, 0) is 17.9 Å². The lowest BCUT2D eigenvalue weighted by Crippen LogP contribution is -2.32. The van der Waals surface area contributed by atoms with Crippen LogP contribution >= 0.6 is 0 Å². The molecule has 0 aromatic heterocycles. The highest BCUT2D eigenvalue weighted by Gasteiger charge is 2.40. The molecule has 0 aliphatic heterocycles. The third-order valence-electron chi connectivity index (χ3n) is 3.99. The molecule has 2 rings (SSSR count). The molecule has 0 atom stereocenters. The first-order chi connectivity index (χ1) is 14.2. The lowest BCUT2D eigenvalue weighted by Gasteiger charge is -2.15. The van der Waals surface area contributed by atoms with Gasteiger partial charge in [-0.3, -0.25) is 0 Å². The molecule has 0 aliphatic rings. The highest BCUT2D eigenvalue weighted by atomic mass is 19.3. The normalized spacial score (nSPS) is 11.3. The van der Waals surface area contributed by atoms with E-state index in [0.29, 0.717) is 28.3 Å². The predicted molar refractivity (Wildman–Crippen MR) is 102 cm³/mol. The van der Waals surface area contributed by atoms with Crippen LogP contribution < -0.4 is 20.1 Å². The van der Waals surface area contributed by atoms with E-state index < -0.39 is 25.0 Å². The molecule has 0 fully saturated rings. The van der Waals surface area contributed by atoms with Gasteiger partial charge < -0.3 is 24.8 Å². The van der Waals surface area contributed by atoms with Crippen molar-refractivity contribution in [2.24, 2.45) is 0 Å². The topological polar surface area (TPSA) is 68.8 Å². The number of anilines is 1. The number of methoxy groups -OCH3 is 2. The summed E-state index contributed by atoms with van der Waals surface area (Å²) in [7, 11) is 3.03. The van der Waals surface area contributed by atoms with Gasteiger partial charge in [0.05, 0.1) is 20.8 Å². The number of ether oxygens (including phenoxy) is 3. The largest absolute Gasteiger partial charge is 0.497 e. The van der Waals surface area contributed by atoms with Gasteiger partial charge in [-0.2, -0.15) is 8.78 Å². The van der Waals surface area contributed by atoms with Crippen molar-refractivity contribution in [3.8, 4) is 11.5 Å². The average Bonchev–Trinajstić information content (AvgIpc) is 2.72. The van der Waals surface area contributed by atoms with Crippen molar-refractivity contribution in [3.63, 3.8) is 0 Å². The fourth-order valence-corrected chi connectivity index (χ4v) is 2.48. The van der Waals surface area contributed by atoms with E-state index in [9.17, 15) is 22.4 Å². The molecule has 2 amide bonds.